The third-order valence-electron chi connectivity index (χ3n) is 2.84. The fourth-order valence-corrected chi connectivity index (χ4v) is 1.89. The molecule has 0 aliphatic rings. The lowest BCUT2D eigenvalue weighted by Crippen LogP contribution is -2.08. The van der Waals surface area contributed by atoms with E-state index in [2.05, 4.69) is 15.3 Å². The lowest BCUT2D eigenvalue weighted by Gasteiger charge is -2.05. The minimum Gasteiger partial charge on any atom is -0.408 e. The predicted octanol–water partition coefficient (Wildman–Crippen LogP) is 1.97. The third-order valence-corrected chi connectivity index (χ3v) is 2.84. The van der Waals surface area contributed by atoms with Crippen LogP contribution in [0.3, 0.4) is 0 Å². The van der Waals surface area contributed by atoms with Gasteiger partial charge in [-0.1, -0.05) is 0 Å². The first kappa shape index (κ1) is 11.5. The Kier molecular flexibility index (Phi) is 2.56. The lowest BCUT2D eigenvalue weighted by atomic mass is 10.3. The normalized spacial score (nSPS) is 10.8. The summed E-state index contributed by atoms with van der Waals surface area (Å²) in [6.45, 7) is 1.82. The maximum Gasteiger partial charge on any atom is 0.419 e. The fourth-order valence-electron chi connectivity index (χ4n) is 1.89. The molecule has 3 aromatic rings. The summed E-state index contributed by atoms with van der Waals surface area (Å²) in [6, 6.07) is 7.25. The molecular formula is C13H12N4O2. The van der Waals surface area contributed by atoms with Crippen molar-refractivity contribution in [2.24, 2.45) is 7.05 Å². The highest BCUT2D eigenvalue weighted by molar-refractivity contribution is 5.78. The van der Waals surface area contributed by atoms with Crippen molar-refractivity contribution in [3.8, 4) is 0 Å². The van der Waals surface area contributed by atoms with Crippen molar-refractivity contribution in [3.05, 3.63) is 46.8 Å². The predicted molar refractivity (Wildman–Crippen MR) is 71.5 cm³/mol. The van der Waals surface area contributed by atoms with Crippen LogP contribution in [0.2, 0.25) is 0 Å². The van der Waals surface area contributed by atoms with E-state index in [0.717, 1.165) is 11.2 Å². The maximum absolute atomic E-state index is 11.4. The van der Waals surface area contributed by atoms with Crippen molar-refractivity contribution < 1.29 is 4.42 Å². The molecular weight excluding hydrogens is 244 g/mol. The minimum absolute atomic E-state index is 0.370. The van der Waals surface area contributed by atoms with E-state index in [-0.39, 0.29) is 5.76 Å². The molecule has 2 aromatic heterocycles. The lowest BCUT2D eigenvalue weighted by molar-refractivity contribution is 0.528. The molecule has 0 fully saturated rings. The van der Waals surface area contributed by atoms with E-state index in [1.807, 2.05) is 19.1 Å². The summed E-state index contributed by atoms with van der Waals surface area (Å²) in [5.41, 5.74) is 2.11. The van der Waals surface area contributed by atoms with Crippen LogP contribution in [0, 0.1) is 6.92 Å². The van der Waals surface area contributed by atoms with Gasteiger partial charge in [-0.15, -0.1) is 0 Å². The molecule has 2 heterocycles. The number of benzene rings is 1. The van der Waals surface area contributed by atoms with Gasteiger partial charge in [-0.2, -0.15) is 0 Å². The number of oxazole rings is 1. The van der Waals surface area contributed by atoms with Gasteiger partial charge in [0.15, 0.2) is 5.58 Å². The molecule has 0 spiro atoms. The Balaban J connectivity index is 2.00. The molecule has 96 valence electrons. The van der Waals surface area contributed by atoms with E-state index in [0.29, 0.717) is 17.2 Å². The molecule has 0 amide bonds. The van der Waals surface area contributed by atoms with Gasteiger partial charge in [0.1, 0.15) is 11.6 Å². The van der Waals surface area contributed by atoms with Gasteiger partial charge in [-0.3, -0.25) is 4.57 Å². The Labute approximate surface area is 108 Å². The Bertz CT molecular complexity index is 804. The SMILES string of the molecule is Cc1nccc(Nc2ccc3c(c2)oc(=O)n3C)n1. The molecule has 0 aliphatic heterocycles. The zero-order valence-corrected chi connectivity index (χ0v) is 10.5. The molecule has 0 aliphatic carbocycles. The second kappa shape index (κ2) is 4.24. The number of nitrogens with one attached hydrogen (secondary N) is 1. The van der Waals surface area contributed by atoms with Crippen LogP contribution in [0.4, 0.5) is 11.5 Å². The zero-order valence-electron chi connectivity index (χ0n) is 10.5. The summed E-state index contributed by atoms with van der Waals surface area (Å²) in [5, 5.41) is 3.14. The number of anilines is 2. The zero-order chi connectivity index (χ0) is 13.4. The number of hydrogen-bond acceptors (Lipinski definition) is 5. The number of hydrogen-bond donors (Lipinski definition) is 1. The van der Waals surface area contributed by atoms with E-state index in [4.69, 9.17) is 4.42 Å². The second-order valence-electron chi connectivity index (χ2n) is 4.22. The van der Waals surface area contributed by atoms with Crippen LogP contribution in [-0.2, 0) is 7.05 Å². The maximum atomic E-state index is 11.4. The highest BCUT2D eigenvalue weighted by Crippen LogP contribution is 2.20. The number of rotatable bonds is 2. The quantitative estimate of drug-likeness (QED) is 0.758. The van der Waals surface area contributed by atoms with Gasteiger partial charge in [0, 0.05) is 25.0 Å². The molecule has 0 unspecified atom stereocenters. The first-order chi connectivity index (χ1) is 9.13. The Morgan fingerprint density at radius 3 is 2.95 bits per heavy atom. The van der Waals surface area contributed by atoms with Crippen LogP contribution >= 0.6 is 0 Å². The number of aromatic nitrogens is 3. The van der Waals surface area contributed by atoms with E-state index in [1.54, 1.807) is 25.4 Å². The Morgan fingerprint density at radius 1 is 1.32 bits per heavy atom. The largest absolute Gasteiger partial charge is 0.419 e. The van der Waals surface area contributed by atoms with E-state index in [1.165, 1.54) is 4.57 Å². The van der Waals surface area contributed by atoms with Gasteiger partial charge < -0.3 is 9.73 Å². The summed E-state index contributed by atoms with van der Waals surface area (Å²) in [4.78, 5) is 19.7. The number of nitrogens with zero attached hydrogens (tertiary/aromatic N) is 3. The van der Waals surface area contributed by atoms with E-state index < -0.39 is 0 Å². The van der Waals surface area contributed by atoms with Crippen molar-refractivity contribution >= 4 is 22.6 Å². The van der Waals surface area contributed by atoms with Crippen molar-refractivity contribution in [1.29, 1.82) is 0 Å². The molecule has 0 saturated carbocycles. The van der Waals surface area contributed by atoms with Gasteiger partial charge in [0.2, 0.25) is 0 Å². The first-order valence-electron chi connectivity index (χ1n) is 5.80. The smallest absolute Gasteiger partial charge is 0.408 e. The standard InChI is InChI=1S/C13H12N4O2/c1-8-14-6-5-12(15-8)16-9-3-4-10-11(7-9)19-13(18)17(10)2/h3-7H,1-2H3,(H,14,15,16). The van der Waals surface area contributed by atoms with Crippen molar-refractivity contribution in [2.75, 3.05) is 5.32 Å². The first-order valence-corrected chi connectivity index (χ1v) is 5.80. The number of aryl methyl sites for hydroxylation is 2. The van der Waals surface area contributed by atoms with Crippen LogP contribution in [-0.4, -0.2) is 14.5 Å². The van der Waals surface area contributed by atoms with Gasteiger partial charge in [-0.05, 0) is 25.1 Å². The van der Waals surface area contributed by atoms with Crippen LogP contribution in [0.5, 0.6) is 0 Å². The molecule has 6 heteroatoms. The van der Waals surface area contributed by atoms with Gasteiger partial charge in [0.25, 0.3) is 0 Å². The highest BCUT2D eigenvalue weighted by Gasteiger charge is 2.06. The number of fused-ring (bicyclic) bond motifs is 1. The van der Waals surface area contributed by atoms with Crippen molar-refractivity contribution in [1.82, 2.24) is 14.5 Å². The monoisotopic (exact) mass is 256 g/mol. The summed E-state index contributed by atoms with van der Waals surface area (Å²) in [5.74, 6) is 1.02. The van der Waals surface area contributed by atoms with Crippen LogP contribution in [0.1, 0.15) is 5.82 Å². The highest BCUT2D eigenvalue weighted by atomic mass is 16.4. The second-order valence-corrected chi connectivity index (χ2v) is 4.22. The molecule has 1 N–H and O–H groups in total. The molecule has 0 atom stereocenters. The average Bonchev–Trinajstić information content (AvgIpc) is 2.65. The topological polar surface area (TPSA) is 73.0 Å². The summed E-state index contributed by atoms with van der Waals surface area (Å²) >= 11 is 0. The third kappa shape index (κ3) is 2.08. The molecule has 3 rings (SSSR count). The van der Waals surface area contributed by atoms with Gasteiger partial charge >= 0.3 is 5.76 Å². The van der Waals surface area contributed by atoms with E-state index in [9.17, 15) is 4.79 Å². The minimum atomic E-state index is -0.370. The van der Waals surface area contributed by atoms with Crippen molar-refractivity contribution in [3.63, 3.8) is 0 Å². The van der Waals surface area contributed by atoms with E-state index >= 15 is 0 Å². The molecule has 19 heavy (non-hydrogen) atoms. The Morgan fingerprint density at radius 2 is 2.16 bits per heavy atom. The van der Waals surface area contributed by atoms with Crippen molar-refractivity contribution in [2.45, 2.75) is 6.92 Å². The fraction of sp³-hybridized carbons (Fsp3) is 0.154. The van der Waals surface area contributed by atoms with Gasteiger partial charge in [0.05, 0.1) is 5.52 Å². The molecule has 1 aromatic carbocycles. The summed E-state index contributed by atoms with van der Waals surface area (Å²) in [6.07, 6.45) is 1.69. The van der Waals surface area contributed by atoms with Crippen LogP contribution in [0.15, 0.2) is 39.7 Å². The van der Waals surface area contributed by atoms with Crippen LogP contribution < -0.4 is 11.1 Å². The molecule has 6 nitrogen and oxygen atoms in total. The average molecular weight is 256 g/mol. The van der Waals surface area contributed by atoms with Crippen LogP contribution in [0.25, 0.3) is 11.1 Å². The van der Waals surface area contributed by atoms with Gasteiger partial charge in [-0.25, -0.2) is 14.8 Å². The molecule has 0 radical (unpaired) electrons. The summed E-state index contributed by atoms with van der Waals surface area (Å²) in [7, 11) is 1.68. The Hall–Kier alpha value is -2.63. The molecule has 0 bridgehead atoms. The summed E-state index contributed by atoms with van der Waals surface area (Å²) < 4.78 is 6.60. The molecule has 0 saturated heterocycles.